The first-order valence-electron chi connectivity index (χ1n) is 11.1. The lowest BCUT2D eigenvalue weighted by Gasteiger charge is -2.23. The summed E-state index contributed by atoms with van der Waals surface area (Å²) in [7, 11) is 3.24. The summed E-state index contributed by atoms with van der Waals surface area (Å²) in [4.78, 5) is 26.2. The van der Waals surface area contributed by atoms with Gasteiger partial charge in [-0.15, -0.1) is 5.10 Å². The monoisotopic (exact) mass is 495 g/mol. The van der Waals surface area contributed by atoms with Gasteiger partial charge in [-0.3, -0.25) is 4.79 Å². The van der Waals surface area contributed by atoms with Crippen molar-refractivity contribution in [3.8, 4) is 17.2 Å². The molecular formula is C22H22ClN9O3. The normalized spacial score (nSPS) is 27.1. The first-order chi connectivity index (χ1) is 16.9. The van der Waals surface area contributed by atoms with Gasteiger partial charge < -0.3 is 25.4 Å². The fourth-order valence-electron chi connectivity index (χ4n) is 5.34. The van der Waals surface area contributed by atoms with E-state index in [0.29, 0.717) is 34.1 Å². The van der Waals surface area contributed by atoms with Crippen LogP contribution in [-0.4, -0.2) is 76.9 Å². The maximum atomic E-state index is 12.5. The van der Waals surface area contributed by atoms with Gasteiger partial charge in [0.05, 0.1) is 35.1 Å². The Bertz CT molecular complexity index is 1470. The molecule has 3 aromatic heterocycles. The van der Waals surface area contributed by atoms with E-state index < -0.39 is 23.7 Å². The van der Waals surface area contributed by atoms with Crippen LogP contribution in [0.4, 0.5) is 5.82 Å². The molecule has 0 bridgehead atoms. The summed E-state index contributed by atoms with van der Waals surface area (Å²) in [6, 6.07) is 6.73. The van der Waals surface area contributed by atoms with E-state index in [9.17, 15) is 15.0 Å². The summed E-state index contributed by atoms with van der Waals surface area (Å²) in [6.45, 7) is 0. The van der Waals surface area contributed by atoms with Gasteiger partial charge in [-0.1, -0.05) is 35.0 Å². The number of halogens is 1. The smallest absolute Gasteiger partial charge is 0.256 e. The maximum Gasteiger partial charge on any atom is 0.256 e. The predicted octanol–water partition coefficient (Wildman–Crippen LogP) is 0.798. The van der Waals surface area contributed by atoms with Crippen molar-refractivity contribution in [2.75, 3.05) is 19.4 Å². The van der Waals surface area contributed by atoms with E-state index in [1.54, 1.807) is 30.2 Å². The van der Waals surface area contributed by atoms with Gasteiger partial charge in [0.25, 0.3) is 5.95 Å². The van der Waals surface area contributed by atoms with Crippen LogP contribution in [0, 0.1) is 11.3 Å². The molecule has 1 amide bonds. The van der Waals surface area contributed by atoms with Crippen molar-refractivity contribution >= 4 is 34.5 Å². The third-order valence-electron chi connectivity index (χ3n) is 7.14. The summed E-state index contributed by atoms with van der Waals surface area (Å²) in [5.41, 5.74) is 1.20. The van der Waals surface area contributed by atoms with Gasteiger partial charge >= 0.3 is 0 Å². The number of hydrogen-bond acceptors (Lipinski definition) is 9. The first kappa shape index (κ1) is 21.9. The summed E-state index contributed by atoms with van der Waals surface area (Å²) >= 11 is 6.30. The fourth-order valence-corrected chi connectivity index (χ4v) is 5.57. The molecule has 0 radical (unpaired) electrons. The predicted molar refractivity (Wildman–Crippen MR) is 126 cm³/mol. The molecule has 3 heterocycles. The summed E-state index contributed by atoms with van der Waals surface area (Å²) in [5.74, 6) is 0.164. The molecule has 180 valence electrons. The van der Waals surface area contributed by atoms with E-state index >= 15 is 0 Å². The van der Waals surface area contributed by atoms with Crippen LogP contribution in [0.25, 0.3) is 28.4 Å². The van der Waals surface area contributed by atoms with Crippen LogP contribution < -0.4 is 10.6 Å². The molecular weight excluding hydrogens is 474 g/mol. The highest BCUT2D eigenvalue weighted by Gasteiger charge is 2.75. The largest absolute Gasteiger partial charge is 0.389 e. The Hall–Kier alpha value is -3.61. The molecule has 2 aliphatic carbocycles. The highest BCUT2D eigenvalue weighted by Crippen LogP contribution is 2.67. The average Bonchev–Trinajstić information content (AvgIpc) is 3.14. The van der Waals surface area contributed by atoms with Crippen molar-refractivity contribution in [3.63, 3.8) is 0 Å². The van der Waals surface area contributed by atoms with Crippen LogP contribution in [0.1, 0.15) is 12.5 Å². The zero-order chi connectivity index (χ0) is 24.5. The molecule has 2 unspecified atom stereocenters. The van der Waals surface area contributed by atoms with Crippen molar-refractivity contribution in [2.45, 2.75) is 24.7 Å². The van der Waals surface area contributed by atoms with E-state index in [-0.39, 0.29) is 17.8 Å². The first-order valence-corrected chi connectivity index (χ1v) is 11.5. The molecule has 2 fully saturated rings. The molecule has 2 saturated carbocycles. The number of aliphatic hydroxyl groups excluding tert-OH is 2. The SMILES string of the molecule is CNC(=O)C12CC1[C@@H](n1cnc3c(NC)nc(-n4cc(-c5ccccc5Cl)nn4)nc31)[C@H](O)[C@@H]2O. The van der Waals surface area contributed by atoms with Crippen LogP contribution in [0.15, 0.2) is 36.8 Å². The number of amides is 1. The number of rotatable bonds is 5. The van der Waals surface area contributed by atoms with Gasteiger partial charge in [0.2, 0.25) is 5.91 Å². The second kappa shape index (κ2) is 7.70. The zero-order valence-corrected chi connectivity index (χ0v) is 19.5. The fraction of sp³-hybridized carbons (Fsp3) is 0.364. The van der Waals surface area contributed by atoms with Crippen molar-refractivity contribution in [2.24, 2.45) is 11.3 Å². The van der Waals surface area contributed by atoms with Crippen molar-refractivity contribution in [3.05, 3.63) is 41.8 Å². The third kappa shape index (κ3) is 3.00. The molecule has 5 atom stereocenters. The number of anilines is 1. The summed E-state index contributed by atoms with van der Waals surface area (Å²) < 4.78 is 3.14. The molecule has 1 aromatic carbocycles. The Balaban J connectivity index is 1.44. The van der Waals surface area contributed by atoms with E-state index in [1.807, 2.05) is 18.2 Å². The standard InChI is InChI=1S/C22H22ClN9O3/c1-24-18-14-19(28-21(27-18)32-8-13(29-30-32)10-5-3-4-6-12(10)23)31(9-26-14)15-11-7-22(11,20(35)25-2)17(34)16(15)33/h3-6,8-9,11,15-17,33-34H,7H2,1-2H3,(H,25,35)(H,24,27,28)/t11?,15-,16+,17+,22?/m1/s1. The number of aromatic nitrogens is 7. The molecule has 4 N–H and O–H groups in total. The Morgan fingerprint density at radius 2 is 2.03 bits per heavy atom. The lowest BCUT2D eigenvalue weighted by Crippen LogP contribution is -2.41. The second-order valence-electron chi connectivity index (χ2n) is 8.83. The number of benzene rings is 1. The third-order valence-corrected chi connectivity index (χ3v) is 7.47. The number of nitrogens with zero attached hydrogens (tertiary/aromatic N) is 7. The topological polar surface area (TPSA) is 156 Å². The molecule has 13 heteroatoms. The number of fused-ring (bicyclic) bond motifs is 2. The van der Waals surface area contributed by atoms with Gasteiger partial charge in [0.15, 0.2) is 17.0 Å². The molecule has 6 rings (SSSR count). The van der Waals surface area contributed by atoms with Crippen LogP contribution in [0.3, 0.4) is 0 Å². The van der Waals surface area contributed by atoms with Crippen LogP contribution >= 0.6 is 11.6 Å². The molecule has 4 aromatic rings. The minimum Gasteiger partial charge on any atom is -0.389 e. The molecule has 0 spiro atoms. The Morgan fingerprint density at radius 3 is 2.77 bits per heavy atom. The molecule has 2 aliphatic rings. The zero-order valence-electron chi connectivity index (χ0n) is 18.8. The lowest BCUT2D eigenvalue weighted by molar-refractivity contribution is -0.132. The number of carbonyl (C=O) groups excluding carboxylic acids is 1. The van der Waals surface area contributed by atoms with Crippen molar-refractivity contribution in [1.82, 2.24) is 39.8 Å². The Morgan fingerprint density at radius 1 is 1.23 bits per heavy atom. The lowest BCUT2D eigenvalue weighted by atomic mass is 9.98. The minimum atomic E-state index is -1.19. The quantitative estimate of drug-likeness (QED) is 0.314. The Kier molecular flexibility index (Phi) is 4.82. The summed E-state index contributed by atoms with van der Waals surface area (Å²) in [5, 5.41) is 36.2. The van der Waals surface area contributed by atoms with Gasteiger partial charge in [-0.25, -0.2) is 4.98 Å². The molecule has 35 heavy (non-hydrogen) atoms. The molecule has 0 aliphatic heterocycles. The van der Waals surface area contributed by atoms with E-state index in [4.69, 9.17) is 11.6 Å². The van der Waals surface area contributed by atoms with Gasteiger partial charge in [0.1, 0.15) is 11.8 Å². The van der Waals surface area contributed by atoms with Crippen LogP contribution in [0.5, 0.6) is 0 Å². The number of hydrogen-bond donors (Lipinski definition) is 4. The van der Waals surface area contributed by atoms with Gasteiger partial charge in [-0.05, 0) is 12.5 Å². The number of imidazole rings is 1. The maximum absolute atomic E-state index is 12.5. The van der Waals surface area contributed by atoms with Crippen LogP contribution in [0.2, 0.25) is 5.02 Å². The van der Waals surface area contributed by atoms with Crippen LogP contribution in [-0.2, 0) is 4.79 Å². The molecule has 12 nitrogen and oxygen atoms in total. The minimum absolute atomic E-state index is 0.232. The second-order valence-corrected chi connectivity index (χ2v) is 9.24. The average molecular weight is 496 g/mol. The van der Waals surface area contributed by atoms with E-state index in [0.717, 1.165) is 5.56 Å². The van der Waals surface area contributed by atoms with Gasteiger partial charge in [-0.2, -0.15) is 14.6 Å². The van der Waals surface area contributed by atoms with Gasteiger partial charge in [0, 0.05) is 25.6 Å². The highest BCUT2D eigenvalue weighted by molar-refractivity contribution is 6.33. The Labute approximate surface area is 204 Å². The summed E-state index contributed by atoms with van der Waals surface area (Å²) in [6.07, 6.45) is 1.36. The number of aliphatic hydroxyl groups is 2. The van der Waals surface area contributed by atoms with Crippen molar-refractivity contribution in [1.29, 1.82) is 0 Å². The van der Waals surface area contributed by atoms with E-state index in [2.05, 4.69) is 35.9 Å². The highest BCUT2D eigenvalue weighted by atomic mass is 35.5. The number of nitrogens with one attached hydrogen (secondary N) is 2. The van der Waals surface area contributed by atoms with E-state index in [1.165, 1.54) is 11.7 Å². The molecule has 0 saturated heterocycles. The number of carbonyl (C=O) groups is 1. The van der Waals surface area contributed by atoms with Crippen molar-refractivity contribution < 1.29 is 15.0 Å².